The first kappa shape index (κ1) is 190. The first-order valence-corrected chi connectivity index (χ1v) is 0. The maximum atomic E-state index is 0. The van der Waals surface area contributed by atoms with Gasteiger partial charge < -0.3 is 16.4 Å². The quantitative estimate of drug-likeness (QED) is 0.418. The van der Waals surface area contributed by atoms with E-state index in [1.165, 1.54) is 0 Å². The summed E-state index contributed by atoms with van der Waals surface area (Å²) < 4.78 is 0. The van der Waals surface area contributed by atoms with Crippen molar-refractivity contribution in [1.82, 2.24) is 0 Å². The molecule has 0 spiro atoms. The topological polar surface area (TPSA) is 94.5 Å². The zero-order valence-electron chi connectivity index (χ0n) is 2.51. The summed E-state index contributed by atoms with van der Waals surface area (Å²) in [4.78, 5) is 0. The Kier molecular flexibility index (Phi) is 3650. The third kappa shape index (κ3) is 63.1. The predicted molar refractivity (Wildman–Crippen MR) is 18.1 cm³/mol. The van der Waals surface area contributed by atoms with Crippen molar-refractivity contribution < 1.29 is 50.6 Å². The van der Waals surface area contributed by atoms with E-state index in [1.807, 2.05) is 0 Å². The Bertz CT molecular complexity index is 8.75. The maximum Gasteiger partial charge on any atom is 0 e. The van der Waals surface area contributed by atoms with Gasteiger partial charge >= 0.3 is 0 Å². The van der Waals surface area contributed by atoms with Crippen molar-refractivity contribution in [2.45, 2.75) is 0 Å². The van der Waals surface area contributed by atoms with Crippen LogP contribution >= 0.6 is 12.4 Å². The average Bonchev–Trinajstić information content (AvgIpc) is 0. The van der Waals surface area contributed by atoms with Crippen molar-refractivity contribution in [2.24, 2.45) is 0 Å². The van der Waals surface area contributed by atoms with Crippen molar-refractivity contribution >= 4 is 12.4 Å². The van der Waals surface area contributed by atoms with Crippen LogP contribution in [0, 0.1) is 0 Å². The zero-order chi connectivity index (χ0) is 0. The zero-order valence-corrected chi connectivity index (χ0v) is 5.21. The van der Waals surface area contributed by atoms with Gasteiger partial charge in [0.1, 0.15) is 0 Å². The minimum Gasteiger partial charge on any atom is -0.412 e. The van der Waals surface area contributed by atoms with E-state index in [0.29, 0.717) is 0 Å². The largest absolute Gasteiger partial charge is 0.412 e. The summed E-state index contributed by atoms with van der Waals surface area (Å²) in [5.74, 6) is 0. The molecule has 0 saturated heterocycles. The molecule has 0 unspecified atom stereocenters. The van der Waals surface area contributed by atoms with Crippen LogP contribution in [0.15, 0.2) is 0 Å². The number of halogens is 1. The summed E-state index contributed by atoms with van der Waals surface area (Å²) in [5, 5.41) is 0. The molecule has 0 aromatic carbocycles. The molecule has 0 aromatic rings. The third-order valence-electron chi connectivity index (χ3n) is 0. The van der Waals surface area contributed by atoms with Gasteiger partial charge in [0.15, 0.2) is 0 Å². The molecule has 0 rings (SSSR count). The van der Waals surface area contributed by atoms with E-state index in [9.17, 15) is 0 Å². The van der Waals surface area contributed by atoms with Crippen molar-refractivity contribution in [3.63, 3.8) is 0 Å². The first-order chi connectivity index (χ1) is 0. The predicted octanol–water partition coefficient (Wildman–Crippen LogP) is -2.06. The normalized spacial score (nSPS) is 0. The molecule has 0 amide bonds. The number of hydrogen-bond acceptors (Lipinski definition) is 0. The van der Waals surface area contributed by atoms with Crippen LogP contribution in [0.3, 0.4) is 0 Å². The van der Waals surface area contributed by atoms with Crippen molar-refractivity contribution in [1.29, 1.82) is 0 Å². The van der Waals surface area contributed by atoms with Gasteiger partial charge in [0.2, 0.25) is 0 Å². The molecule has 6 heavy (non-hydrogen) atoms. The third-order valence-corrected chi connectivity index (χ3v) is 0. The van der Waals surface area contributed by atoms with Gasteiger partial charge in [0.25, 0.3) is 0 Å². The Morgan fingerprint density at radius 1 is 0.500 bits per heavy atom. The van der Waals surface area contributed by atoms with E-state index in [1.54, 1.807) is 0 Å². The Hall–Kier alpha value is 1.21. The van der Waals surface area contributed by atoms with E-state index in [2.05, 4.69) is 0 Å². The van der Waals surface area contributed by atoms with Gasteiger partial charge in [-0.25, -0.2) is 0 Å². The molecule has 3 nitrogen and oxygen atoms in total. The molecule has 2 radical (unpaired) electrons. The van der Waals surface area contributed by atoms with Crippen LogP contribution in [0.2, 0.25) is 0 Å². The molecule has 0 aliphatic carbocycles. The molecule has 0 bridgehead atoms. The van der Waals surface area contributed by atoms with Crippen LogP contribution in [0.25, 0.3) is 0 Å². The number of rotatable bonds is 0. The van der Waals surface area contributed by atoms with Gasteiger partial charge in [-0.3, -0.25) is 0 Å². The molecular formula is H7ClCu2O3. The summed E-state index contributed by atoms with van der Waals surface area (Å²) in [5.41, 5.74) is 0. The van der Waals surface area contributed by atoms with Gasteiger partial charge in [0.05, 0.1) is 0 Å². The van der Waals surface area contributed by atoms with E-state index >= 15 is 0 Å². The van der Waals surface area contributed by atoms with E-state index < -0.39 is 0 Å². The fourth-order valence-corrected chi connectivity index (χ4v) is 0. The monoisotopic (exact) mass is 216 g/mol. The van der Waals surface area contributed by atoms with E-state index in [0.717, 1.165) is 0 Å². The van der Waals surface area contributed by atoms with Gasteiger partial charge in [0, 0.05) is 34.1 Å². The molecule has 6 heteroatoms. The Morgan fingerprint density at radius 3 is 0.500 bits per heavy atom. The van der Waals surface area contributed by atoms with E-state index in [-0.39, 0.29) is 63.0 Å². The smallest absolute Gasteiger partial charge is 0 e. The Labute approximate surface area is 63.2 Å². The minimum atomic E-state index is 0. The molecule has 0 fully saturated rings. The Morgan fingerprint density at radius 2 is 0.500 bits per heavy atom. The summed E-state index contributed by atoms with van der Waals surface area (Å²) in [6.07, 6.45) is 0. The molecule has 0 heterocycles. The fourth-order valence-electron chi connectivity index (χ4n) is 0. The van der Waals surface area contributed by atoms with Crippen LogP contribution in [-0.2, 0) is 34.1 Å². The van der Waals surface area contributed by atoms with Gasteiger partial charge in [-0.05, 0) is 0 Å². The van der Waals surface area contributed by atoms with Crippen LogP contribution in [0.1, 0.15) is 0 Å². The summed E-state index contributed by atoms with van der Waals surface area (Å²) in [6.45, 7) is 0. The van der Waals surface area contributed by atoms with Gasteiger partial charge in [-0.2, -0.15) is 0 Å². The molecule has 0 aliphatic heterocycles. The van der Waals surface area contributed by atoms with Crippen LogP contribution in [-0.4, -0.2) is 16.4 Å². The minimum absolute atomic E-state index is 0. The maximum absolute atomic E-state index is 0. The van der Waals surface area contributed by atoms with Gasteiger partial charge in [-0.15, -0.1) is 12.4 Å². The molecule has 54 valence electrons. The Balaban J connectivity index is 0. The summed E-state index contributed by atoms with van der Waals surface area (Å²) in [7, 11) is 0. The van der Waals surface area contributed by atoms with Gasteiger partial charge in [-0.1, -0.05) is 0 Å². The first-order valence-electron chi connectivity index (χ1n) is 0. The second-order valence-electron chi connectivity index (χ2n) is 0. The SMILES string of the molecule is Cl.O.O.O.[Cu].[Cu]. The molecule has 0 atom stereocenters. The van der Waals surface area contributed by atoms with Crippen molar-refractivity contribution in [3.05, 3.63) is 0 Å². The standard InChI is InChI=1S/ClH.2Cu.3H2O/h1H;;;3*1H2. The molecule has 0 aromatic heterocycles. The fraction of sp³-hybridized carbons (Fsp3) is 0. The summed E-state index contributed by atoms with van der Waals surface area (Å²) >= 11 is 0. The molecule has 0 saturated carbocycles. The van der Waals surface area contributed by atoms with Crippen molar-refractivity contribution in [2.75, 3.05) is 0 Å². The molecule has 6 N–H and O–H groups in total. The molecule has 0 aliphatic rings. The van der Waals surface area contributed by atoms with Crippen LogP contribution < -0.4 is 0 Å². The van der Waals surface area contributed by atoms with Crippen molar-refractivity contribution in [3.8, 4) is 0 Å². The summed E-state index contributed by atoms with van der Waals surface area (Å²) in [6, 6.07) is 0. The number of hydrogen-bond donors (Lipinski definition) is 0. The second-order valence-corrected chi connectivity index (χ2v) is 0. The second kappa shape index (κ2) is 115. The molecular weight excluding hydrogens is 211 g/mol. The van der Waals surface area contributed by atoms with Crippen LogP contribution in [0.4, 0.5) is 0 Å². The van der Waals surface area contributed by atoms with E-state index in [4.69, 9.17) is 0 Å². The average molecular weight is 218 g/mol. The van der Waals surface area contributed by atoms with Crippen LogP contribution in [0.5, 0.6) is 0 Å².